The van der Waals surface area contributed by atoms with E-state index in [-0.39, 0.29) is 11.8 Å². The number of benzene rings is 2. The molecular formula is C26H30N4O4. The minimum absolute atomic E-state index is 0.0486. The zero-order valence-corrected chi connectivity index (χ0v) is 19.6. The molecule has 1 fully saturated rings. The molecule has 1 unspecified atom stereocenters. The molecule has 178 valence electrons. The Hall–Kier alpha value is -3.81. The number of nitrogens with zero attached hydrogens (tertiary/aromatic N) is 3. The predicted octanol–water partition coefficient (Wildman–Crippen LogP) is 3.57. The second-order valence-corrected chi connectivity index (χ2v) is 8.09. The van der Waals surface area contributed by atoms with Crippen LogP contribution in [0.15, 0.2) is 60.9 Å². The summed E-state index contributed by atoms with van der Waals surface area (Å²) in [7, 11) is 3.27. The molecule has 2 aromatic carbocycles. The molecule has 0 aliphatic carbocycles. The van der Waals surface area contributed by atoms with Crippen molar-refractivity contribution in [1.82, 2.24) is 15.3 Å². The van der Waals surface area contributed by atoms with Gasteiger partial charge in [-0.15, -0.1) is 0 Å². The lowest BCUT2D eigenvalue weighted by molar-refractivity contribution is -0.125. The minimum Gasteiger partial charge on any atom is -0.497 e. The Labute approximate surface area is 199 Å². The van der Waals surface area contributed by atoms with E-state index in [1.54, 1.807) is 20.5 Å². The summed E-state index contributed by atoms with van der Waals surface area (Å²) in [6.07, 6.45) is 3.37. The van der Waals surface area contributed by atoms with Crippen molar-refractivity contribution in [3.05, 3.63) is 60.9 Å². The standard InChI is InChI=1S/C26H30N4O4/c1-32-21-7-5-19(6-8-21)24-16-25(29-18-28-24)30-14-3-4-20(17-30)26(31)27-13-15-34-23-11-9-22(33-2)10-12-23/h5-12,16,18,20H,3-4,13-15,17H2,1-2H3,(H,27,31). The summed E-state index contributed by atoms with van der Waals surface area (Å²) in [4.78, 5) is 23.8. The highest BCUT2D eigenvalue weighted by Gasteiger charge is 2.26. The first-order chi connectivity index (χ1) is 16.7. The Kier molecular flexibility index (Phi) is 7.80. The zero-order chi connectivity index (χ0) is 23.8. The molecule has 0 saturated carbocycles. The van der Waals surface area contributed by atoms with Crippen LogP contribution in [0.3, 0.4) is 0 Å². The molecule has 8 heteroatoms. The first-order valence-corrected chi connectivity index (χ1v) is 11.4. The van der Waals surface area contributed by atoms with Gasteiger partial charge in [-0.25, -0.2) is 9.97 Å². The van der Waals surface area contributed by atoms with Gasteiger partial charge in [-0.05, 0) is 61.4 Å². The van der Waals surface area contributed by atoms with Crippen molar-refractivity contribution < 1.29 is 19.0 Å². The van der Waals surface area contributed by atoms with E-state index in [1.165, 1.54) is 0 Å². The van der Waals surface area contributed by atoms with Gasteiger partial charge >= 0.3 is 0 Å². The highest BCUT2D eigenvalue weighted by Crippen LogP contribution is 2.26. The van der Waals surface area contributed by atoms with Crippen LogP contribution in [-0.4, -0.2) is 56.3 Å². The molecule has 1 aliphatic rings. The maximum Gasteiger partial charge on any atom is 0.225 e. The van der Waals surface area contributed by atoms with Crippen LogP contribution in [0.5, 0.6) is 17.2 Å². The van der Waals surface area contributed by atoms with Crippen molar-refractivity contribution in [2.75, 3.05) is 45.4 Å². The van der Waals surface area contributed by atoms with E-state index in [0.29, 0.717) is 19.7 Å². The average molecular weight is 463 g/mol. The van der Waals surface area contributed by atoms with Gasteiger partial charge < -0.3 is 24.4 Å². The van der Waals surface area contributed by atoms with Crippen molar-refractivity contribution in [3.63, 3.8) is 0 Å². The van der Waals surface area contributed by atoms with Crippen LogP contribution in [0.2, 0.25) is 0 Å². The van der Waals surface area contributed by atoms with Crippen molar-refractivity contribution in [2.45, 2.75) is 12.8 Å². The third kappa shape index (κ3) is 5.95. The molecule has 1 aliphatic heterocycles. The second-order valence-electron chi connectivity index (χ2n) is 8.09. The maximum atomic E-state index is 12.8. The van der Waals surface area contributed by atoms with Gasteiger partial charge in [0.2, 0.25) is 5.91 Å². The lowest BCUT2D eigenvalue weighted by atomic mass is 9.97. The van der Waals surface area contributed by atoms with Crippen molar-refractivity contribution in [3.8, 4) is 28.5 Å². The molecule has 8 nitrogen and oxygen atoms in total. The van der Waals surface area contributed by atoms with Crippen molar-refractivity contribution in [1.29, 1.82) is 0 Å². The van der Waals surface area contributed by atoms with Crippen LogP contribution in [0.4, 0.5) is 5.82 Å². The molecule has 1 N–H and O–H groups in total. The monoisotopic (exact) mass is 462 g/mol. The number of amides is 1. The third-order valence-corrected chi connectivity index (χ3v) is 5.88. The first kappa shape index (κ1) is 23.4. The molecule has 2 heterocycles. The zero-order valence-electron chi connectivity index (χ0n) is 19.6. The molecule has 3 aromatic rings. The van der Waals surface area contributed by atoms with Crippen molar-refractivity contribution in [2.24, 2.45) is 5.92 Å². The largest absolute Gasteiger partial charge is 0.497 e. The molecule has 0 bridgehead atoms. The minimum atomic E-state index is -0.0888. The Bertz CT molecular complexity index is 1070. The molecule has 0 radical (unpaired) electrons. The van der Waals surface area contributed by atoms with E-state index in [4.69, 9.17) is 14.2 Å². The average Bonchev–Trinajstić information content (AvgIpc) is 2.91. The summed E-state index contributed by atoms with van der Waals surface area (Å²) in [5.74, 6) is 3.12. The van der Waals surface area contributed by atoms with E-state index in [0.717, 1.165) is 53.7 Å². The predicted molar refractivity (Wildman–Crippen MR) is 130 cm³/mol. The van der Waals surface area contributed by atoms with Crippen molar-refractivity contribution >= 4 is 11.7 Å². The Morgan fingerprint density at radius 2 is 1.68 bits per heavy atom. The Morgan fingerprint density at radius 1 is 1.00 bits per heavy atom. The van der Waals surface area contributed by atoms with Crippen LogP contribution in [0, 0.1) is 5.92 Å². The van der Waals surface area contributed by atoms with Gasteiger partial charge in [-0.2, -0.15) is 0 Å². The summed E-state index contributed by atoms with van der Waals surface area (Å²) in [6, 6.07) is 17.1. The number of aromatic nitrogens is 2. The molecule has 4 rings (SSSR count). The Morgan fingerprint density at radius 3 is 2.38 bits per heavy atom. The number of rotatable bonds is 9. The summed E-state index contributed by atoms with van der Waals surface area (Å²) in [5, 5.41) is 3.01. The number of piperidine rings is 1. The molecular weight excluding hydrogens is 432 g/mol. The van der Waals surface area contributed by atoms with E-state index >= 15 is 0 Å². The van der Waals surface area contributed by atoms with E-state index < -0.39 is 0 Å². The van der Waals surface area contributed by atoms with Gasteiger partial charge in [0.25, 0.3) is 0 Å². The van der Waals surface area contributed by atoms with E-state index in [1.807, 2.05) is 54.6 Å². The fourth-order valence-electron chi connectivity index (χ4n) is 4.00. The number of carbonyl (C=O) groups is 1. The van der Waals surface area contributed by atoms with Crippen LogP contribution < -0.4 is 24.4 Å². The van der Waals surface area contributed by atoms with Gasteiger partial charge in [0.1, 0.15) is 36.0 Å². The number of anilines is 1. The molecule has 1 amide bonds. The third-order valence-electron chi connectivity index (χ3n) is 5.88. The number of carbonyl (C=O) groups excluding carboxylic acids is 1. The Balaban J connectivity index is 1.29. The SMILES string of the molecule is COc1ccc(OCCNC(=O)C2CCCN(c3cc(-c4ccc(OC)cc4)ncn3)C2)cc1. The number of nitrogens with one attached hydrogen (secondary N) is 1. The quantitative estimate of drug-likeness (QED) is 0.487. The van der Waals surface area contributed by atoms with Gasteiger partial charge in [0.15, 0.2) is 0 Å². The highest BCUT2D eigenvalue weighted by atomic mass is 16.5. The fourth-order valence-corrected chi connectivity index (χ4v) is 4.00. The number of hydrogen-bond acceptors (Lipinski definition) is 7. The molecule has 0 spiro atoms. The lowest BCUT2D eigenvalue weighted by Gasteiger charge is -2.33. The number of methoxy groups -OCH3 is 2. The van der Waals surface area contributed by atoms with Gasteiger partial charge in [-0.1, -0.05) is 0 Å². The van der Waals surface area contributed by atoms with Crippen LogP contribution >= 0.6 is 0 Å². The lowest BCUT2D eigenvalue weighted by Crippen LogP contribution is -2.44. The molecule has 1 saturated heterocycles. The van der Waals surface area contributed by atoms with Crippen LogP contribution in [0.1, 0.15) is 12.8 Å². The van der Waals surface area contributed by atoms with Gasteiger partial charge in [0, 0.05) is 24.7 Å². The molecule has 1 atom stereocenters. The first-order valence-electron chi connectivity index (χ1n) is 11.4. The summed E-state index contributed by atoms with van der Waals surface area (Å²) < 4.78 is 16.1. The molecule has 1 aromatic heterocycles. The second kappa shape index (κ2) is 11.4. The molecule has 34 heavy (non-hydrogen) atoms. The van der Waals surface area contributed by atoms with Gasteiger partial charge in [-0.3, -0.25) is 4.79 Å². The fraction of sp³-hybridized carbons (Fsp3) is 0.346. The normalized spacial score (nSPS) is 15.5. The van der Waals surface area contributed by atoms with Gasteiger partial charge in [0.05, 0.1) is 32.4 Å². The number of ether oxygens (including phenoxy) is 3. The maximum absolute atomic E-state index is 12.8. The van der Waals surface area contributed by atoms with Crippen LogP contribution in [-0.2, 0) is 4.79 Å². The van der Waals surface area contributed by atoms with E-state index in [2.05, 4.69) is 20.2 Å². The van der Waals surface area contributed by atoms with E-state index in [9.17, 15) is 4.79 Å². The summed E-state index contributed by atoms with van der Waals surface area (Å²) in [5.41, 5.74) is 1.84. The topological polar surface area (TPSA) is 85.8 Å². The highest BCUT2D eigenvalue weighted by molar-refractivity contribution is 5.79. The number of hydrogen-bond donors (Lipinski definition) is 1. The van der Waals surface area contributed by atoms with Crippen LogP contribution in [0.25, 0.3) is 11.3 Å². The smallest absolute Gasteiger partial charge is 0.225 e. The summed E-state index contributed by atoms with van der Waals surface area (Å²) in [6.45, 7) is 2.36. The summed E-state index contributed by atoms with van der Waals surface area (Å²) >= 11 is 0.